The third kappa shape index (κ3) is 5.05. The highest BCUT2D eigenvalue weighted by Crippen LogP contribution is 2.24. The van der Waals surface area contributed by atoms with Crippen molar-refractivity contribution in [2.45, 2.75) is 44.1 Å². The second kappa shape index (κ2) is 9.34. The average Bonchev–Trinajstić information content (AvgIpc) is 2.69. The fraction of sp³-hybridized carbons (Fsp3) is 0.333. The van der Waals surface area contributed by atoms with Gasteiger partial charge in [-0.3, -0.25) is 15.6 Å². The van der Waals surface area contributed by atoms with E-state index < -0.39 is 0 Å². The lowest BCUT2D eigenvalue weighted by Crippen LogP contribution is -2.51. The van der Waals surface area contributed by atoms with Crippen LogP contribution in [-0.4, -0.2) is 17.1 Å². The molecule has 1 fully saturated rings. The van der Waals surface area contributed by atoms with Gasteiger partial charge in [0, 0.05) is 6.04 Å². The van der Waals surface area contributed by atoms with E-state index in [0.717, 1.165) is 24.0 Å². The topological polar surface area (TPSA) is 53.2 Å². The predicted molar refractivity (Wildman–Crippen MR) is 109 cm³/mol. The molecule has 1 amide bonds. The van der Waals surface area contributed by atoms with Gasteiger partial charge in [0.25, 0.3) is 0 Å². The lowest BCUT2D eigenvalue weighted by Gasteiger charge is -2.25. The van der Waals surface area contributed by atoms with Crippen LogP contribution in [0.25, 0.3) is 0 Å². The van der Waals surface area contributed by atoms with Gasteiger partial charge in [0.15, 0.2) is 5.11 Å². The summed E-state index contributed by atoms with van der Waals surface area (Å²) >= 11 is 5.34. The van der Waals surface area contributed by atoms with Gasteiger partial charge in [-0.05, 0) is 36.2 Å². The lowest BCUT2D eigenvalue weighted by molar-refractivity contribution is -0.122. The minimum atomic E-state index is -0.387. The average molecular weight is 368 g/mol. The molecule has 0 radical (unpaired) electrons. The maximum Gasteiger partial charge on any atom is 0.250 e. The zero-order chi connectivity index (χ0) is 18.2. The third-order valence-corrected chi connectivity index (χ3v) is 4.99. The van der Waals surface area contributed by atoms with Crippen molar-refractivity contribution in [2.24, 2.45) is 0 Å². The molecule has 1 aliphatic carbocycles. The molecule has 3 rings (SSSR count). The van der Waals surface area contributed by atoms with Gasteiger partial charge in [-0.1, -0.05) is 79.9 Å². The summed E-state index contributed by atoms with van der Waals surface area (Å²) < 4.78 is 0. The Kier molecular flexibility index (Phi) is 6.61. The molecule has 3 N–H and O–H groups in total. The Morgan fingerprint density at radius 3 is 1.92 bits per heavy atom. The van der Waals surface area contributed by atoms with Gasteiger partial charge in [-0.25, -0.2) is 0 Å². The van der Waals surface area contributed by atoms with Crippen molar-refractivity contribution in [2.75, 3.05) is 0 Å². The van der Waals surface area contributed by atoms with Crippen LogP contribution in [0.3, 0.4) is 0 Å². The summed E-state index contributed by atoms with van der Waals surface area (Å²) in [6.45, 7) is 0. The SMILES string of the molecule is O=C(NNC(=S)NC1CCCCC1)C(c1ccccc1)c1ccccc1. The number of amides is 1. The zero-order valence-electron chi connectivity index (χ0n) is 14.8. The molecule has 2 aromatic rings. The Morgan fingerprint density at radius 2 is 1.38 bits per heavy atom. The van der Waals surface area contributed by atoms with E-state index >= 15 is 0 Å². The number of hydrazine groups is 1. The number of hydrogen-bond acceptors (Lipinski definition) is 2. The van der Waals surface area contributed by atoms with Gasteiger partial charge >= 0.3 is 0 Å². The number of rotatable bonds is 4. The normalized spacial score (nSPS) is 14.7. The molecule has 26 heavy (non-hydrogen) atoms. The van der Waals surface area contributed by atoms with Crippen molar-refractivity contribution in [3.63, 3.8) is 0 Å². The van der Waals surface area contributed by atoms with Gasteiger partial charge in [-0.2, -0.15) is 0 Å². The van der Waals surface area contributed by atoms with Gasteiger partial charge < -0.3 is 5.32 Å². The van der Waals surface area contributed by atoms with Gasteiger partial charge in [0.1, 0.15) is 0 Å². The number of hydrogen-bond donors (Lipinski definition) is 3. The Labute approximate surface area is 160 Å². The minimum Gasteiger partial charge on any atom is -0.359 e. The molecule has 0 spiro atoms. The maximum absolute atomic E-state index is 12.9. The molecule has 0 saturated heterocycles. The Morgan fingerprint density at radius 1 is 0.846 bits per heavy atom. The molecule has 5 heteroatoms. The largest absolute Gasteiger partial charge is 0.359 e. The molecule has 0 unspecified atom stereocenters. The van der Waals surface area contributed by atoms with Crippen LogP contribution in [0.1, 0.15) is 49.1 Å². The number of thiocarbonyl (C=S) groups is 1. The van der Waals surface area contributed by atoms with Crippen LogP contribution in [0.2, 0.25) is 0 Å². The number of benzene rings is 2. The van der Waals surface area contributed by atoms with Crippen LogP contribution in [0.5, 0.6) is 0 Å². The zero-order valence-corrected chi connectivity index (χ0v) is 15.6. The van der Waals surface area contributed by atoms with E-state index in [-0.39, 0.29) is 11.8 Å². The van der Waals surface area contributed by atoms with Crippen molar-refractivity contribution >= 4 is 23.2 Å². The van der Waals surface area contributed by atoms with E-state index in [1.807, 2.05) is 60.7 Å². The first-order chi connectivity index (χ1) is 12.7. The van der Waals surface area contributed by atoms with Gasteiger partial charge in [-0.15, -0.1) is 0 Å². The molecule has 2 aromatic carbocycles. The summed E-state index contributed by atoms with van der Waals surface area (Å²) in [4.78, 5) is 12.9. The highest BCUT2D eigenvalue weighted by atomic mass is 32.1. The predicted octanol–water partition coefficient (Wildman–Crippen LogP) is 3.65. The van der Waals surface area contributed by atoms with Crippen molar-refractivity contribution in [1.82, 2.24) is 16.2 Å². The molecular formula is C21H25N3OS. The number of carbonyl (C=O) groups excluding carboxylic acids is 1. The molecule has 4 nitrogen and oxygen atoms in total. The van der Waals surface area contributed by atoms with Gasteiger partial charge in [0.2, 0.25) is 5.91 Å². The molecule has 0 atom stereocenters. The number of carbonyl (C=O) groups is 1. The summed E-state index contributed by atoms with van der Waals surface area (Å²) in [6, 6.07) is 20.0. The van der Waals surface area contributed by atoms with E-state index in [9.17, 15) is 4.79 Å². The first-order valence-corrected chi connectivity index (χ1v) is 9.61. The van der Waals surface area contributed by atoms with E-state index in [0.29, 0.717) is 11.2 Å². The third-order valence-electron chi connectivity index (χ3n) is 4.77. The highest BCUT2D eigenvalue weighted by Gasteiger charge is 2.23. The number of nitrogens with one attached hydrogen (secondary N) is 3. The van der Waals surface area contributed by atoms with E-state index in [2.05, 4.69) is 16.2 Å². The summed E-state index contributed by atoms with van der Waals surface area (Å²) in [7, 11) is 0. The van der Waals surface area contributed by atoms with E-state index in [4.69, 9.17) is 12.2 Å². The maximum atomic E-state index is 12.9. The Bertz CT molecular complexity index is 675. The van der Waals surface area contributed by atoms with Crippen molar-refractivity contribution in [3.05, 3.63) is 71.8 Å². The first kappa shape index (κ1) is 18.4. The fourth-order valence-electron chi connectivity index (χ4n) is 3.45. The fourth-order valence-corrected chi connectivity index (χ4v) is 3.66. The summed E-state index contributed by atoms with van der Waals surface area (Å²) in [6.07, 6.45) is 6.03. The molecule has 136 valence electrons. The van der Waals surface area contributed by atoms with Crippen LogP contribution in [0.4, 0.5) is 0 Å². The van der Waals surface area contributed by atoms with E-state index in [1.165, 1.54) is 19.3 Å². The molecule has 1 aliphatic rings. The van der Waals surface area contributed by atoms with Crippen LogP contribution >= 0.6 is 12.2 Å². The smallest absolute Gasteiger partial charge is 0.250 e. The monoisotopic (exact) mass is 367 g/mol. The molecule has 0 heterocycles. The van der Waals surface area contributed by atoms with Crippen LogP contribution < -0.4 is 16.2 Å². The lowest BCUT2D eigenvalue weighted by atomic mass is 9.91. The van der Waals surface area contributed by atoms with Crippen molar-refractivity contribution < 1.29 is 4.79 Å². The Hall–Kier alpha value is -2.40. The molecular weight excluding hydrogens is 342 g/mol. The summed E-state index contributed by atoms with van der Waals surface area (Å²) in [5.74, 6) is -0.516. The highest BCUT2D eigenvalue weighted by molar-refractivity contribution is 7.80. The van der Waals surface area contributed by atoms with Crippen LogP contribution in [0, 0.1) is 0 Å². The van der Waals surface area contributed by atoms with Gasteiger partial charge in [0.05, 0.1) is 5.92 Å². The van der Waals surface area contributed by atoms with Crippen LogP contribution in [0.15, 0.2) is 60.7 Å². The van der Waals surface area contributed by atoms with Crippen molar-refractivity contribution in [1.29, 1.82) is 0 Å². The second-order valence-corrected chi connectivity index (χ2v) is 7.09. The first-order valence-electron chi connectivity index (χ1n) is 9.20. The molecule has 0 aliphatic heterocycles. The standard InChI is InChI=1S/C21H25N3OS/c25-20(23-24-21(26)22-18-14-8-3-9-15-18)19(16-10-4-1-5-11-16)17-12-6-2-7-13-17/h1-2,4-7,10-13,18-19H,3,8-9,14-15H2,(H,23,25)(H2,22,24,26). The van der Waals surface area contributed by atoms with E-state index in [1.54, 1.807) is 0 Å². The summed E-state index contributed by atoms with van der Waals surface area (Å²) in [5.41, 5.74) is 7.54. The van der Waals surface area contributed by atoms with Crippen LogP contribution in [-0.2, 0) is 4.79 Å². The minimum absolute atomic E-state index is 0.129. The van der Waals surface area contributed by atoms with Crippen molar-refractivity contribution in [3.8, 4) is 0 Å². The Balaban J connectivity index is 1.63. The quantitative estimate of drug-likeness (QED) is 0.570. The molecule has 1 saturated carbocycles. The molecule has 0 aromatic heterocycles. The summed E-state index contributed by atoms with van der Waals surface area (Å²) in [5, 5.41) is 3.78. The molecule has 0 bridgehead atoms. The second-order valence-electron chi connectivity index (χ2n) is 6.68.